The van der Waals surface area contributed by atoms with Gasteiger partial charge in [-0.1, -0.05) is 6.92 Å². The molecule has 1 saturated heterocycles. The normalized spacial score (nSPS) is 20.0. The molecule has 0 saturated carbocycles. The molecule has 0 aliphatic carbocycles. The van der Waals surface area contributed by atoms with Gasteiger partial charge < -0.3 is 15.5 Å². The number of aliphatic imine (C=N–C) groups is 1. The van der Waals surface area contributed by atoms with Crippen LogP contribution in [0.3, 0.4) is 0 Å². The van der Waals surface area contributed by atoms with Gasteiger partial charge in [0, 0.05) is 44.8 Å². The fraction of sp³-hybridized carbons (Fsp3) is 0.944. The third kappa shape index (κ3) is 7.53. The standard InChI is InChI=1S/C18H39N5/c1-7-19-18(20-10-12-23(15(3)4)16(5)6)21-13-17-9-11-22(8-2)14-17/h15-17H,7-14H2,1-6H3,(H2,19,20,21). The maximum absolute atomic E-state index is 4.80. The maximum atomic E-state index is 4.80. The van der Waals surface area contributed by atoms with Gasteiger partial charge in [0.15, 0.2) is 5.96 Å². The van der Waals surface area contributed by atoms with Gasteiger partial charge in [0.1, 0.15) is 0 Å². The van der Waals surface area contributed by atoms with Crippen molar-refractivity contribution in [3.63, 3.8) is 0 Å². The topological polar surface area (TPSA) is 42.9 Å². The molecule has 0 aromatic heterocycles. The summed E-state index contributed by atoms with van der Waals surface area (Å²) >= 11 is 0. The Kier molecular flexibility index (Phi) is 9.56. The summed E-state index contributed by atoms with van der Waals surface area (Å²) < 4.78 is 0. The molecule has 0 amide bonds. The first-order chi connectivity index (χ1) is 11.0. The number of hydrogen-bond donors (Lipinski definition) is 2. The Morgan fingerprint density at radius 2 is 1.87 bits per heavy atom. The van der Waals surface area contributed by atoms with Crippen molar-refractivity contribution < 1.29 is 0 Å². The molecule has 0 radical (unpaired) electrons. The molecule has 23 heavy (non-hydrogen) atoms. The van der Waals surface area contributed by atoms with Crippen LogP contribution in [0.1, 0.15) is 48.0 Å². The van der Waals surface area contributed by atoms with Crippen molar-refractivity contribution in [2.24, 2.45) is 10.9 Å². The quantitative estimate of drug-likeness (QED) is 0.503. The summed E-state index contributed by atoms with van der Waals surface area (Å²) in [6.07, 6.45) is 1.28. The van der Waals surface area contributed by atoms with Crippen LogP contribution in [0, 0.1) is 5.92 Å². The van der Waals surface area contributed by atoms with Crippen molar-refractivity contribution in [2.45, 2.75) is 60.0 Å². The fourth-order valence-electron chi connectivity index (χ4n) is 3.33. The first-order valence-electron chi connectivity index (χ1n) is 9.48. The fourth-order valence-corrected chi connectivity index (χ4v) is 3.33. The van der Waals surface area contributed by atoms with Crippen molar-refractivity contribution in [1.29, 1.82) is 0 Å². The van der Waals surface area contributed by atoms with Crippen molar-refractivity contribution in [2.75, 3.05) is 45.8 Å². The predicted molar refractivity (Wildman–Crippen MR) is 101 cm³/mol. The molecule has 0 spiro atoms. The Balaban J connectivity index is 2.40. The molecule has 2 N–H and O–H groups in total. The van der Waals surface area contributed by atoms with Crippen molar-refractivity contribution in [3.8, 4) is 0 Å². The molecule has 1 fully saturated rings. The van der Waals surface area contributed by atoms with E-state index in [1.165, 1.54) is 26.1 Å². The highest BCUT2D eigenvalue weighted by Gasteiger charge is 2.20. The second-order valence-electron chi connectivity index (χ2n) is 7.12. The second-order valence-corrected chi connectivity index (χ2v) is 7.12. The van der Waals surface area contributed by atoms with E-state index in [-0.39, 0.29) is 0 Å². The molecule has 1 atom stereocenters. The van der Waals surface area contributed by atoms with E-state index in [1.807, 2.05) is 0 Å². The maximum Gasteiger partial charge on any atom is 0.191 e. The highest BCUT2D eigenvalue weighted by Crippen LogP contribution is 2.15. The zero-order valence-electron chi connectivity index (χ0n) is 16.2. The lowest BCUT2D eigenvalue weighted by atomic mass is 10.1. The Morgan fingerprint density at radius 1 is 1.17 bits per heavy atom. The largest absolute Gasteiger partial charge is 0.357 e. The van der Waals surface area contributed by atoms with E-state index in [4.69, 9.17) is 4.99 Å². The van der Waals surface area contributed by atoms with Crippen molar-refractivity contribution in [1.82, 2.24) is 20.4 Å². The van der Waals surface area contributed by atoms with Crippen LogP contribution in [-0.2, 0) is 0 Å². The zero-order valence-corrected chi connectivity index (χ0v) is 16.2. The van der Waals surface area contributed by atoms with Crippen LogP contribution in [0.25, 0.3) is 0 Å². The number of hydrogen-bond acceptors (Lipinski definition) is 3. The Labute approximate surface area is 143 Å². The van der Waals surface area contributed by atoms with E-state index in [0.717, 1.165) is 32.1 Å². The Hall–Kier alpha value is -0.810. The first-order valence-corrected chi connectivity index (χ1v) is 9.48. The van der Waals surface area contributed by atoms with Crippen LogP contribution in [0.5, 0.6) is 0 Å². The van der Waals surface area contributed by atoms with E-state index in [9.17, 15) is 0 Å². The molecular formula is C18H39N5. The van der Waals surface area contributed by atoms with E-state index in [1.54, 1.807) is 0 Å². The molecule has 1 heterocycles. The molecule has 136 valence electrons. The van der Waals surface area contributed by atoms with E-state index in [2.05, 4.69) is 62.0 Å². The highest BCUT2D eigenvalue weighted by atomic mass is 15.2. The molecule has 0 bridgehead atoms. The minimum atomic E-state index is 0.579. The van der Waals surface area contributed by atoms with Crippen LogP contribution in [0.15, 0.2) is 4.99 Å². The number of likely N-dealkylation sites (tertiary alicyclic amines) is 1. The van der Waals surface area contributed by atoms with Gasteiger partial charge in [0.2, 0.25) is 0 Å². The zero-order chi connectivity index (χ0) is 17.2. The summed E-state index contributed by atoms with van der Waals surface area (Å²) in [6, 6.07) is 1.16. The average Bonchev–Trinajstić information content (AvgIpc) is 2.96. The number of nitrogens with zero attached hydrogens (tertiary/aromatic N) is 3. The lowest BCUT2D eigenvalue weighted by Gasteiger charge is -2.30. The first kappa shape index (κ1) is 20.2. The van der Waals surface area contributed by atoms with E-state index in [0.29, 0.717) is 18.0 Å². The van der Waals surface area contributed by atoms with E-state index >= 15 is 0 Å². The minimum absolute atomic E-state index is 0.579. The van der Waals surface area contributed by atoms with Crippen molar-refractivity contribution in [3.05, 3.63) is 0 Å². The molecule has 5 nitrogen and oxygen atoms in total. The third-order valence-electron chi connectivity index (χ3n) is 4.66. The summed E-state index contributed by atoms with van der Waals surface area (Å²) in [7, 11) is 0. The van der Waals surface area contributed by atoms with Gasteiger partial charge in [0.25, 0.3) is 0 Å². The lowest BCUT2D eigenvalue weighted by molar-refractivity contribution is 0.178. The molecule has 0 aromatic carbocycles. The molecular weight excluding hydrogens is 286 g/mol. The number of guanidine groups is 1. The van der Waals surface area contributed by atoms with Gasteiger partial charge >= 0.3 is 0 Å². The molecule has 0 aromatic rings. The summed E-state index contributed by atoms with van der Waals surface area (Å²) in [5, 5.41) is 6.86. The molecule has 5 heteroatoms. The van der Waals surface area contributed by atoms with Gasteiger partial charge in [-0.2, -0.15) is 0 Å². The van der Waals surface area contributed by atoms with Crippen LogP contribution >= 0.6 is 0 Å². The van der Waals surface area contributed by atoms with Gasteiger partial charge in [-0.05, 0) is 60.0 Å². The molecule has 1 aliphatic heterocycles. The van der Waals surface area contributed by atoms with Crippen LogP contribution in [0.2, 0.25) is 0 Å². The Bertz CT molecular complexity index is 332. The van der Waals surface area contributed by atoms with Crippen LogP contribution in [0.4, 0.5) is 0 Å². The molecule has 1 unspecified atom stereocenters. The summed E-state index contributed by atoms with van der Waals surface area (Å²) in [4.78, 5) is 9.82. The third-order valence-corrected chi connectivity index (χ3v) is 4.66. The number of rotatable bonds is 9. The van der Waals surface area contributed by atoms with E-state index < -0.39 is 0 Å². The smallest absolute Gasteiger partial charge is 0.191 e. The van der Waals surface area contributed by atoms with Crippen LogP contribution < -0.4 is 10.6 Å². The minimum Gasteiger partial charge on any atom is -0.357 e. The monoisotopic (exact) mass is 325 g/mol. The SMILES string of the molecule is CCNC(=NCC1CCN(CC)C1)NCCN(C(C)C)C(C)C. The molecule has 1 rings (SSSR count). The van der Waals surface area contributed by atoms with Gasteiger partial charge in [-0.15, -0.1) is 0 Å². The summed E-state index contributed by atoms with van der Waals surface area (Å²) in [5.74, 6) is 1.68. The lowest BCUT2D eigenvalue weighted by Crippen LogP contribution is -2.45. The summed E-state index contributed by atoms with van der Waals surface area (Å²) in [5.41, 5.74) is 0. The summed E-state index contributed by atoms with van der Waals surface area (Å²) in [6.45, 7) is 20.9. The Morgan fingerprint density at radius 3 is 2.39 bits per heavy atom. The van der Waals surface area contributed by atoms with Crippen molar-refractivity contribution >= 4 is 5.96 Å². The highest BCUT2D eigenvalue weighted by molar-refractivity contribution is 5.79. The van der Waals surface area contributed by atoms with Gasteiger partial charge in [-0.3, -0.25) is 9.89 Å². The average molecular weight is 326 g/mol. The number of nitrogens with one attached hydrogen (secondary N) is 2. The predicted octanol–water partition coefficient (Wildman–Crippen LogP) is 2.00. The second kappa shape index (κ2) is 10.9. The van der Waals surface area contributed by atoms with Crippen LogP contribution in [-0.4, -0.2) is 73.7 Å². The molecule has 1 aliphatic rings. The van der Waals surface area contributed by atoms with Gasteiger partial charge in [0.05, 0.1) is 0 Å². The van der Waals surface area contributed by atoms with Gasteiger partial charge in [-0.25, -0.2) is 0 Å².